The van der Waals surface area contributed by atoms with E-state index in [1.165, 1.54) is 10.7 Å². The minimum Gasteiger partial charge on any atom is -0.467 e. The number of rotatable bonds is 6. The number of fused-ring (bicyclic) bond motifs is 1. The van der Waals surface area contributed by atoms with Crippen LogP contribution in [0.2, 0.25) is 5.02 Å². The van der Waals surface area contributed by atoms with Gasteiger partial charge in [-0.15, -0.1) is 0 Å². The average molecular weight is 461 g/mol. The summed E-state index contributed by atoms with van der Waals surface area (Å²) in [6.45, 7) is 1.89. The van der Waals surface area contributed by atoms with E-state index in [1.807, 2.05) is 6.07 Å². The van der Waals surface area contributed by atoms with E-state index < -0.39 is 11.5 Å². The summed E-state index contributed by atoms with van der Waals surface area (Å²) in [5.74, 6) is 0.0473. The van der Waals surface area contributed by atoms with Crippen molar-refractivity contribution in [2.75, 3.05) is 0 Å². The van der Waals surface area contributed by atoms with Crippen LogP contribution in [0.25, 0.3) is 11.7 Å². The van der Waals surface area contributed by atoms with Crippen molar-refractivity contribution in [1.29, 1.82) is 5.26 Å². The molecule has 0 aliphatic rings. The largest absolute Gasteiger partial charge is 0.467 e. The summed E-state index contributed by atoms with van der Waals surface area (Å²) in [5, 5.41) is 12.5. The van der Waals surface area contributed by atoms with Crippen LogP contribution in [0.5, 0.6) is 11.6 Å². The Kier molecular flexibility index (Phi) is 6.24. The molecule has 0 fully saturated rings. The van der Waals surface area contributed by atoms with Crippen molar-refractivity contribution in [2.24, 2.45) is 0 Å². The molecular formula is C24H17ClN4O4. The van der Waals surface area contributed by atoms with Gasteiger partial charge >= 0.3 is 0 Å². The first-order valence-electron chi connectivity index (χ1n) is 9.84. The summed E-state index contributed by atoms with van der Waals surface area (Å²) in [6, 6.07) is 15.4. The van der Waals surface area contributed by atoms with Crippen molar-refractivity contribution < 1.29 is 13.9 Å². The van der Waals surface area contributed by atoms with Crippen LogP contribution in [0.1, 0.15) is 16.9 Å². The summed E-state index contributed by atoms with van der Waals surface area (Å²) in [7, 11) is 0. The Morgan fingerprint density at radius 3 is 2.82 bits per heavy atom. The molecule has 0 unspecified atom stereocenters. The molecule has 33 heavy (non-hydrogen) atoms. The quantitative estimate of drug-likeness (QED) is 0.340. The molecule has 4 aromatic rings. The minimum absolute atomic E-state index is 0.0669. The van der Waals surface area contributed by atoms with E-state index in [1.54, 1.807) is 61.7 Å². The molecule has 0 saturated heterocycles. The predicted octanol–water partition coefficient (Wildman–Crippen LogP) is 4.27. The van der Waals surface area contributed by atoms with Crippen molar-refractivity contribution in [3.63, 3.8) is 0 Å². The van der Waals surface area contributed by atoms with Crippen LogP contribution in [-0.4, -0.2) is 15.3 Å². The molecule has 0 aliphatic carbocycles. The number of carbonyl (C=O) groups is 1. The molecule has 0 spiro atoms. The lowest BCUT2D eigenvalue weighted by atomic mass is 10.1. The second-order valence-electron chi connectivity index (χ2n) is 6.98. The molecule has 164 valence electrons. The SMILES string of the molecule is Cc1cccn2c(=O)c(/C=C(\C#N)C(=O)NCc3ccco3)c(Oc3ccccc3Cl)nc12. The first kappa shape index (κ1) is 21.9. The number of ether oxygens (including phenoxy) is 1. The van der Waals surface area contributed by atoms with Gasteiger partial charge in [-0.2, -0.15) is 10.2 Å². The third-order valence-electron chi connectivity index (χ3n) is 4.75. The summed E-state index contributed by atoms with van der Waals surface area (Å²) in [6.07, 6.45) is 4.19. The minimum atomic E-state index is -0.675. The van der Waals surface area contributed by atoms with Gasteiger partial charge in [0.2, 0.25) is 5.88 Å². The Hall–Kier alpha value is -4.35. The number of nitrogens with one attached hydrogen (secondary N) is 1. The molecule has 0 aliphatic heterocycles. The number of amides is 1. The molecule has 0 radical (unpaired) electrons. The molecule has 3 aromatic heterocycles. The Morgan fingerprint density at radius 1 is 1.27 bits per heavy atom. The fraction of sp³-hybridized carbons (Fsp3) is 0.0833. The Balaban J connectivity index is 1.81. The number of furan rings is 1. The van der Waals surface area contributed by atoms with Crippen LogP contribution in [0, 0.1) is 18.3 Å². The summed E-state index contributed by atoms with van der Waals surface area (Å²) in [5.41, 5.74) is 0.255. The Bertz CT molecular complexity index is 1470. The van der Waals surface area contributed by atoms with E-state index in [0.717, 1.165) is 11.6 Å². The zero-order chi connectivity index (χ0) is 23.4. The maximum atomic E-state index is 13.3. The van der Waals surface area contributed by atoms with Gasteiger partial charge in [0.25, 0.3) is 11.5 Å². The third kappa shape index (κ3) is 4.63. The van der Waals surface area contributed by atoms with Crippen LogP contribution in [0.4, 0.5) is 0 Å². The molecule has 1 aromatic carbocycles. The first-order chi connectivity index (χ1) is 16.0. The van der Waals surface area contributed by atoms with Gasteiger partial charge in [0.1, 0.15) is 34.4 Å². The molecule has 0 bridgehead atoms. The fourth-order valence-electron chi connectivity index (χ4n) is 3.09. The van der Waals surface area contributed by atoms with Crippen LogP contribution in [0.3, 0.4) is 0 Å². The van der Waals surface area contributed by atoms with Crippen LogP contribution in [-0.2, 0) is 11.3 Å². The molecule has 4 rings (SSSR count). The number of aryl methyl sites for hydroxylation is 1. The van der Waals surface area contributed by atoms with Gasteiger partial charge in [-0.3, -0.25) is 14.0 Å². The van der Waals surface area contributed by atoms with Crippen LogP contribution >= 0.6 is 11.6 Å². The summed E-state index contributed by atoms with van der Waals surface area (Å²) >= 11 is 6.21. The molecule has 8 nitrogen and oxygen atoms in total. The van der Waals surface area contributed by atoms with E-state index in [2.05, 4.69) is 10.3 Å². The van der Waals surface area contributed by atoms with Crippen molar-refractivity contribution in [3.8, 4) is 17.7 Å². The van der Waals surface area contributed by atoms with Crippen molar-refractivity contribution in [1.82, 2.24) is 14.7 Å². The highest BCUT2D eigenvalue weighted by Gasteiger charge is 2.19. The smallest absolute Gasteiger partial charge is 0.269 e. The second-order valence-corrected chi connectivity index (χ2v) is 7.39. The number of hydrogen-bond acceptors (Lipinski definition) is 6. The van der Waals surface area contributed by atoms with Crippen molar-refractivity contribution >= 4 is 29.2 Å². The molecular weight excluding hydrogens is 444 g/mol. The van der Waals surface area contributed by atoms with E-state index >= 15 is 0 Å². The molecule has 1 amide bonds. The zero-order valence-corrected chi connectivity index (χ0v) is 18.2. The Labute approximate surface area is 193 Å². The maximum absolute atomic E-state index is 13.3. The topological polar surface area (TPSA) is 110 Å². The average Bonchev–Trinajstić information content (AvgIpc) is 3.33. The Morgan fingerprint density at radius 2 is 2.09 bits per heavy atom. The number of para-hydroxylation sites is 1. The molecule has 0 saturated carbocycles. The summed E-state index contributed by atoms with van der Waals surface area (Å²) < 4.78 is 12.4. The lowest BCUT2D eigenvalue weighted by Crippen LogP contribution is -2.25. The van der Waals surface area contributed by atoms with Gasteiger partial charge in [0.05, 0.1) is 17.8 Å². The summed E-state index contributed by atoms with van der Waals surface area (Å²) in [4.78, 5) is 30.4. The van der Waals surface area contributed by atoms with Gasteiger partial charge in [0.15, 0.2) is 0 Å². The van der Waals surface area contributed by atoms with Crippen molar-refractivity contribution in [2.45, 2.75) is 13.5 Å². The number of hydrogen-bond donors (Lipinski definition) is 1. The van der Waals surface area contributed by atoms with Crippen molar-refractivity contribution in [3.05, 3.63) is 98.8 Å². The zero-order valence-electron chi connectivity index (χ0n) is 17.4. The van der Waals surface area contributed by atoms with E-state index in [0.29, 0.717) is 16.4 Å². The number of carbonyl (C=O) groups excluding carboxylic acids is 1. The number of nitriles is 1. The molecule has 3 heterocycles. The fourth-order valence-corrected chi connectivity index (χ4v) is 3.27. The highest BCUT2D eigenvalue weighted by Crippen LogP contribution is 2.30. The highest BCUT2D eigenvalue weighted by molar-refractivity contribution is 6.32. The standard InChI is InChI=1S/C24H17ClN4O4/c1-15-6-4-10-29-21(15)28-23(33-20-9-3-2-8-19(20)25)18(24(29)31)12-16(13-26)22(30)27-14-17-7-5-11-32-17/h2-12H,14H2,1H3,(H,27,30)/b16-12+. The first-order valence-corrected chi connectivity index (χ1v) is 10.2. The van der Waals surface area contributed by atoms with Gasteiger partial charge in [-0.05, 0) is 48.9 Å². The predicted molar refractivity (Wildman–Crippen MR) is 122 cm³/mol. The lowest BCUT2D eigenvalue weighted by molar-refractivity contribution is -0.117. The highest BCUT2D eigenvalue weighted by atomic mass is 35.5. The van der Waals surface area contributed by atoms with E-state index in [-0.39, 0.29) is 29.3 Å². The molecule has 9 heteroatoms. The number of halogens is 1. The third-order valence-corrected chi connectivity index (χ3v) is 5.06. The molecule has 1 N–H and O–H groups in total. The van der Waals surface area contributed by atoms with Gasteiger partial charge < -0.3 is 14.5 Å². The number of aromatic nitrogens is 2. The number of benzene rings is 1. The van der Waals surface area contributed by atoms with Crippen LogP contribution < -0.4 is 15.6 Å². The van der Waals surface area contributed by atoms with E-state index in [4.69, 9.17) is 20.8 Å². The second kappa shape index (κ2) is 9.42. The normalized spacial score (nSPS) is 11.2. The maximum Gasteiger partial charge on any atom is 0.269 e. The molecule has 0 atom stereocenters. The van der Waals surface area contributed by atoms with Crippen LogP contribution in [0.15, 0.2) is 75.8 Å². The van der Waals surface area contributed by atoms with Gasteiger partial charge in [0, 0.05) is 6.20 Å². The monoisotopic (exact) mass is 460 g/mol. The van der Waals surface area contributed by atoms with E-state index in [9.17, 15) is 14.9 Å². The lowest BCUT2D eigenvalue weighted by Gasteiger charge is -2.12. The van der Waals surface area contributed by atoms with Gasteiger partial charge in [-0.25, -0.2) is 0 Å². The number of nitrogens with zero attached hydrogens (tertiary/aromatic N) is 3. The van der Waals surface area contributed by atoms with Gasteiger partial charge in [-0.1, -0.05) is 29.8 Å². The number of pyridine rings is 1.